The average molecular weight is 324 g/mol. The largest absolute Gasteiger partial charge is 0.0654 e. The molecule has 0 N–H and O–H groups in total. The molecule has 23 heavy (non-hydrogen) atoms. The lowest BCUT2D eigenvalue weighted by Gasteiger charge is -2.16. The zero-order valence-corrected chi connectivity index (χ0v) is 16.7. The van der Waals surface area contributed by atoms with E-state index in [-0.39, 0.29) is 0 Å². The molecule has 0 aromatic heterocycles. The highest BCUT2D eigenvalue weighted by atomic mass is 14.1. The van der Waals surface area contributed by atoms with Crippen LogP contribution >= 0.6 is 0 Å². The van der Waals surface area contributed by atoms with Gasteiger partial charge in [0.25, 0.3) is 0 Å². The molecule has 0 heteroatoms. The van der Waals surface area contributed by atoms with E-state index in [9.17, 15) is 0 Å². The molecule has 0 saturated heterocycles. The highest BCUT2D eigenvalue weighted by Gasteiger charge is 2.08. The van der Waals surface area contributed by atoms with Gasteiger partial charge in [-0.2, -0.15) is 0 Å². The minimum Gasteiger partial charge on any atom is -0.0654 e. The Labute approximate surface area is 149 Å². The Morgan fingerprint density at radius 1 is 0.478 bits per heavy atom. The van der Waals surface area contributed by atoms with Crippen molar-refractivity contribution in [1.82, 2.24) is 0 Å². The summed E-state index contributed by atoms with van der Waals surface area (Å²) in [6.07, 6.45) is 27.2. The molecule has 0 spiro atoms. The van der Waals surface area contributed by atoms with Gasteiger partial charge in [-0.05, 0) is 5.92 Å². The van der Waals surface area contributed by atoms with Crippen molar-refractivity contribution in [1.29, 1.82) is 0 Å². The van der Waals surface area contributed by atoms with Crippen LogP contribution in [0.5, 0.6) is 0 Å². The third-order valence-electron chi connectivity index (χ3n) is 5.29. The van der Waals surface area contributed by atoms with Crippen molar-refractivity contribution in [2.45, 2.75) is 136 Å². The standard InChI is InChI=1S/C23H47/c1-4-7-10-11-12-13-14-15-16-19-22-23(20-17-8-5-2)21-18-9-6-3/h23H,2,4-22H2,1,3H3. The van der Waals surface area contributed by atoms with Gasteiger partial charge >= 0.3 is 0 Å². The van der Waals surface area contributed by atoms with Gasteiger partial charge in [0.05, 0.1) is 0 Å². The van der Waals surface area contributed by atoms with Gasteiger partial charge in [0, 0.05) is 0 Å². The monoisotopic (exact) mass is 323 g/mol. The second-order valence-corrected chi connectivity index (χ2v) is 7.68. The molecule has 0 bridgehead atoms. The highest BCUT2D eigenvalue weighted by molar-refractivity contribution is 4.62. The Morgan fingerprint density at radius 2 is 0.826 bits per heavy atom. The first kappa shape index (κ1) is 23.0. The summed E-state index contributed by atoms with van der Waals surface area (Å²) < 4.78 is 0. The van der Waals surface area contributed by atoms with E-state index < -0.39 is 0 Å². The summed E-state index contributed by atoms with van der Waals surface area (Å²) in [6, 6.07) is 0. The van der Waals surface area contributed by atoms with E-state index in [0.717, 1.165) is 12.3 Å². The highest BCUT2D eigenvalue weighted by Crippen LogP contribution is 2.24. The van der Waals surface area contributed by atoms with Crippen LogP contribution in [-0.2, 0) is 0 Å². The van der Waals surface area contributed by atoms with Gasteiger partial charge in [-0.3, -0.25) is 0 Å². The summed E-state index contributed by atoms with van der Waals surface area (Å²) >= 11 is 0. The van der Waals surface area contributed by atoms with Gasteiger partial charge in [0.1, 0.15) is 0 Å². The van der Waals surface area contributed by atoms with Gasteiger partial charge in [0.2, 0.25) is 0 Å². The van der Waals surface area contributed by atoms with E-state index in [0.29, 0.717) is 0 Å². The van der Waals surface area contributed by atoms with Crippen molar-refractivity contribution in [3.63, 3.8) is 0 Å². The molecule has 0 aromatic carbocycles. The van der Waals surface area contributed by atoms with Crippen LogP contribution in [0.4, 0.5) is 0 Å². The summed E-state index contributed by atoms with van der Waals surface area (Å²) in [5.41, 5.74) is 0. The van der Waals surface area contributed by atoms with Gasteiger partial charge in [-0.15, -0.1) is 0 Å². The van der Waals surface area contributed by atoms with Crippen LogP contribution in [0.2, 0.25) is 0 Å². The summed E-state index contributed by atoms with van der Waals surface area (Å²) in [5.74, 6) is 1.02. The molecule has 0 nitrogen and oxygen atoms in total. The zero-order valence-electron chi connectivity index (χ0n) is 16.7. The van der Waals surface area contributed by atoms with Crippen LogP contribution < -0.4 is 0 Å². The van der Waals surface area contributed by atoms with Gasteiger partial charge in [-0.25, -0.2) is 0 Å². The molecule has 0 amide bonds. The number of rotatable bonds is 19. The zero-order chi connectivity index (χ0) is 17.0. The van der Waals surface area contributed by atoms with E-state index in [2.05, 4.69) is 20.8 Å². The van der Waals surface area contributed by atoms with E-state index in [1.807, 2.05) is 0 Å². The Morgan fingerprint density at radius 3 is 1.30 bits per heavy atom. The Balaban J connectivity index is 3.48. The SMILES string of the molecule is [CH2]CCCCC(CCCCC)CCCCCCCCCCCC. The van der Waals surface area contributed by atoms with Crippen LogP contribution in [0, 0.1) is 12.8 Å². The van der Waals surface area contributed by atoms with Crippen LogP contribution in [0.25, 0.3) is 0 Å². The van der Waals surface area contributed by atoms with Gasteiger partial charge in [-0.1, -0.05) is 143 Å². The number of hydrogen-bond acceptors (Lipinski definition) is 0. The maximum absolute atomic E-state index is 3.99. The third kappa shape index (κ3) is 18.2. The molecular formula is C23H47. The molecule has 1 atom stereocenters. The van der Waals surface area contributed by atoms with Crippen molar-refractivity contribution in [2.75, 3.05) is 0 Å². The fraction of sp³-hybridized carbons (Fsp3) is 0.957. The number of unbranched alkanes of at least 4 members (excludes halogenated alkanes) is 13. The first-order valence-electron chi connectivity index (χ1n) is 11.1. The molecule has 1 radical (unpaired) electrons. The first-order chi connectivity index (χ1) is 11.3. The van der Waals surface area contributed by atoms with Crippen LogP contribution in [-0.4, -0.2) is 0 Å². The van der Waals surface area contributed by atoms with Crippen molar-refractivity contribution in [3.05, 3.63) is 6.92 Å². The smallest absolute Gasteiger partial charge is 0.0414 e. The summed E-state index contributed by atoms with van der Waals surface area (Å²) in [4.78, 5) is 0. The fourth-order valence-corrected chi connectivity index (χ4v) is 3.65. The van der Waals surface area contributed by atoms with Crippen LogP contribution in [0.3, 0.4) is 0 Å². The van der Waals surface area contributed by atoms with E-state index in [1.54, 1.807) is 0 Å². The molecular weight excluding hydrogens is 276 g/mol. The lowest BCUT2D eigenvalue weighted by molar-refractivity contribution is 0.371. The van der Waals surface area contributed by atoms with Crippen LogP contribution in [0.15, 0.2) is 0 Å². The van der Waals surface area contributed by atoms with Crippen molar-refractivity contribution < 1.29 is 0 Å². The molecule has 0 fully saturated rings. The molecule has 0 aromatic rings. The lowest BCUT2D eigenvalue weighted by Crippen LogP contribution is -2.01. The van der Waals surface area contributed by atoms with Gasteiger partial charge < -0.3 is 0 Å². The van der Waals surface area contributed by atoms with Crippen LogP contribution in [0.1, 0.15) is 136 Å². The average Bonchev–Trinajstić information content (AvgIpc) is 2.56. The lowest BCUT2D eigenvalue weighted by atomic mass is 9.90. The molecule has 139 valence electrons. The second-order valence-electron chi connectivity index (χ2n) is 7.68. The van der Waals surface area contributed by atoms with Gasteiger partial charge in [0.15, 0.2) is 0 Å². The topological polar surface area (TPSA) is 0 Å². The Hall–Kier alpha value is 0. The number of hydrogen-bond donors (Lipinski definition) is 0. The van der Waals surface area contributed by atoms with Crippen molar-refractivity contribution in [2.24, 2.45) is 5.92 Å². The first-order valence-corrected chi connectivity index (χ1v) is 11.1. The summed E-state index contributed by atoms with van der Waals surface area (Å²) in [5, 5.41) is 0. The molecule has 0 heterocycles. The summed E-state index contributed by atoms with van der Waals surface area (Å²) in [7, 11) is 0. The quantitative estimate of drug-likeness (QED) is 0.208. The third-order valence-corrected chi connectivity index (χ3v) is 5.29. The molecule has 0 aliphatic heterocycles. The fourth-order valence-electron chi connectivity index (χ4n) is 3.65. The molecule has 0 aliphatic carbocycles. The predicted molar refractivity (Wildman–Crippen MR) is 108 cm³/mol. The molecule has 1 unspecified atom stereocenters. The van der Waals surface area contributed by atoms with Crippen molar-refractivity contribution >= 4 is 0 Å². The van der Waals surface area contributed by atoms with E-state index in [4.69, 9.17) is 0 Å². The second kappa shape index (κ2) is 20.0. The molecule has 0 rings (SSSR count). The van der Waals surface area contributed by atoms with E-state index >= 15 is 0 Å². The summed E-state index contributed by atoms with van der Waals surface area (Å²) in [6.45, 7) is 8.60. The normalized spacial score (nSPS) is 11.5. The molecule has 0 saturated carbocycles. The molecule has 0 aliphatic rings. The predicted octanol–water partition coefficient (Wildman–Crippen LogP) is 8.89. The Bertz CT molecular complexity index is 186. The van der Waals surface area contributed by atoms with Crippen molar-refractivity contribution in [3.8, 4) is 0 Å². The Kier molecular flexibility index (Phi) is 20.0. The minimum absolute atomic E-state index is 1.02. The maximum Gasteiger partial charge on any atom is -0.0414 e. The van der Waals surface area contributed by atoms with E-state index in [1.165, 1.54) is 116 Å². The minimum atomic E-state index is 1.02. The maximum atomic E-state index is 3.99.